The Morgan fingerprint density at radius 1 is 1.27 bits per heavy atom. The minimum absolute atomic E-state index is 0.111. The maximum atomic E-state index is 5.78. The summed E-state index contributed by atoms with van der Waals surface area (Å²) in [5, 5.41) is 14.6. The Kier molecular flexibility index (Phi) is 3.76. The fraction of sp³-hybridized carbons (Fsp3) is 0.143. The molecule has 0 unspecified atom stereocenters. The summed E-state index contributed by atoms with van der Waals surface area (Å²) in [6.07, 6.45) is 1.51. The van der Waals surface area contributed by atoms with E-state index < -0.39 is 0 Å². The average molecular weight is 361 g/mol. The van der Waals surface area contributed by atoms with Gasteiger partial charge in [-0.25, -0.2) is 0 Å². The normalized spacial score (nSPS) is 11.4. The number of nitrogens with two attached hydrogens (primary N) is 1. The topological polar surface area (TPSA) is 95.1 Å². The van der Waals surface area contributed by atoms with Gasteiger partial charge in [-0.3, -0.25) is 0 Å². The third-order valence-corrected chi connectivity index (χ3v) is 3.90. The summed E-state index contributed by atoms with van der Waals surface area (Å²) in [4.78, 5) is 1.12. The van der Waals surface area contributed by atoms with Crippen LogP contribution < -0.4 is 5.73 Å². The van der Waals surface area contributed by atoms with Crippen LogP contribution in [0.5, 0.6) is 0 Å². The first kappa shape index (κ1) is 14.5. The zero-order valence-corrected chi connectivity index (χ0v) is 13.6. The second-order valence-corrected chi connectivity index (χ2v) is 5.64. The van der Waals surface area contributed by atoms with Gasteiger partial charge in [-0.2, -0.15) is 5.10 Å². The second kappa shape index (κ2) is 5.72. The van der Waals surface area contributed by atoms with Crippen molar-refractivity contribution in [2.75, 3.05) is 5.73 Å². The molecule has 1 aromatic carbocycles. The van der Waals surface area contributed by atoms with Crippen molar-refractivity contribution in [1.82, 2.24) is 20.3 Å². The first-order valence-corrected chi connectivity index (χ1v) is 7.29. The first-order chi connectivity index (χ1) is 10.5. The largest absolute Gasteiger partial charge is 0.455 e. The predicted octanol–water partition coefficient (Wildman–Crippen LogP) is 2.78. The fourth-order valence-corrected chi connectivity index (χ4v) is 2.57. The molecule has 22 heavy (non-hydrogen) atoms. The van der Waals surface area contributed by atoms with E-state index in [0.29, 0.717) is 5.76 Å². The Morgan fingerprint density at radius 2 is 2.05 bits per heavy atom. The molecule has 8 heteroatoms. The highest BCUT2D eigenvalue weighted by molar-refractivity contribution is 9.10. The zero-order chi connectivity index (χ0) is 15.7. The van der Waals surface area contributed by atoms with E-state index >= 15 is 0 Å². The van der Waals surface area contributed by atoms with Crippen LogP contribution in [-0.4, -0.2) is 26.5 Å². The van der Waals surface area contributed by atoms with E-state index in [9.17, 15) is 0 Å². The first-order valence-electron chi connectivity index (χ1n) is 6.50. The van der Waals surface area contributed by atoms with E-state index in [1.807, 2.05) is 12.1 Å². The van der Waals surface area contributed by atoms with Gasteiger partial charge >= 0.3 is 0 Å². The third kappa shape index (κ3) is 2.77. The van der Waals surface area contributed by atoms with E-state index in [1.54, 1.807) is 0 Å². The van der Waals surface area contributed by atoms with Crippen LogP contribution in [0.3, 0.4) is 0 Å². The Balaban J connectivity index is 1.90. The molecule has 0 saturated heterocycles. The van der Waals surface area contributed by atoms with Crippen molar-refractivity contribution < 1.29 is 4.42 Å². The van der Waals surface area contributed by atoms with Gasteiger partial charge in [0.2, 0.25) is 0 Å². The number of rotatable bonds is 3. The molecular formula is C14H13BrN6O. The molecule has 0 bridgehead atoms. The Morgan fingerprint density at radius 3 is 2.77 bits per heavy atom. The molecule has 7 nitrogen and oxygen atoms in total. The van der Waals surface area contributed by atoms with Crippen LogP contribution in [0.4, 0.5) is 5.95 Å². The van der Waals surface area contributed by atoms with E-state index in [1.165, 1.54) is 17.3 Å². The number of nitrogen functional groups attached to an aromatic ring is 1. The van der Waals surface area contributed by atoms with Crippen LogP contribution in [0.1, 0.15) is 16.9 Å². The quantitative estimate of drug-likeness (QED) is 0.724. The minimum Gasteiger partial charge on any atom is -0.455 e. The molecule has 0 aliphatic rings. The van der Waals surface area contributed by atoms with E-state index in [2.05, 4.69) is 62.5 Å². The van der Waals surface area contributed by atoms with Crippen molar-refractivity contribution >= 4 is 28.1 Å². The number of aromatic nitrogens is 4. The van der Waals surface area contributed by atoms with Crippen molar-refractivity contribution in [3.05, 3.63) is 45.6 Å². The number of hydrogen-bond acceptors (Lipinski definition) is 6. The van der Waals surface area contributed by atoms with E-state index in [4.69, 9.17) is 10.2 Å². The molecule has 2 heterocycles. The van der Waals surface area contributed by atoms with Crippen molar-refractivity contribution in [2.24, 2.45) is 5.10 Å². The number of benzene rings is 1. The molecule has 2 aromatic heterocycles. The molecule has 3 aromatic rings. The van der Waals surface area contributed by atoms with Crippen LogP contribution >= 0.6 is 15.9 Å². The second-order valence-electron chi connectivity index (χ2n) is 4.79. The van der Waals surface area contributed by atoms with Crippen LogP contribution in [0.25, 0.3) is 11.3 Å². The summed E-state index contributed by atoms with van der Waals surface area (Å²) in [6.45, 7) is 4.14. The van der Waals surface area contributed by atoms with Crippen LogP contribution in [0.2, 0.25) is 0 Å². The number of tetrazole rings is 1. The SMILES string of the molecule is Cc1cc(Br)c(-c2ccc(C=Nn3nnnc3N)o2)cc1C. The summed E-state index contributed by atoms with van der Waals surface area (Å²) in [5.41, 5.74) is 8.94. The molecular weight excluding hydrogens is 348 g/mol. The molecule has 0 fully saturated rings. The number of anilines is 1. The van der Waals surface area contributed by atoms with Gasteiger partial charge in [0.15, 0.2) is 0 Å². The molecule has 0 amide bonds. The average Bonchev–Trinajstić information content (AvgIpc) is 3.10. The molecule has 3 rings (SSSR count). The van der Waals surface area contributed by atoms with Crippen LogP contribution in [0.15, 0.2) is 38.3 Å². The third-order valence-electron chi connectivity index (χ3n) is 3.25. The Labute approximate surface area is 134 Å². The molecule has 0 saturated carbocycles. The van der Waals surface area contributed by atoms with Crippen LogP contribution in [-0.2, 0) is 0 Å². The molecule has 112 valence electrons. The van der Waals surface area contributed by atoms with Crippen molar-refractivity contribution in [3.63, 3.8) is 0 Å². The Bertz CT molecular complexity index is 851. The summed E-state index contributed by atoms with van der Waals surface area (Å²) >= 11 is 3.57. The number of aryl methyl sites for hydroxylation is 2. The number of hydrogen-bond donors (Lipinski definition) is 1. The zero-order valence-electron chi connectivity index (χ0n) is 12.0. The summed E-state index contributed by atoms with van der Waals surface area (Å²) in [5.74, 6) is 1.44. The van der Waals surface area contributed by atoms with Gasteiger partial charge < -0.3 is 10.2 Å². The highest BCUT2D eigenvalue weighted by Gasteiger charge is 2.10. The smallest absolute Gasteiger partial charge is 0.263 e. The van der Waals surface area contributed by atoms with E-state index in [-0.39, 0.29) is 5.95 Å². The van der Waals surface area contributed by atoms with Crippen molar-refractivity contribution in [1.29, 1.82) is 0 Å². The molecule has 0 spiro atoms. The lowest BCUT2D eigenvalue weighted by Crippen LogP contribution is -1.99. The predicted molar refractivity (Wildman–Crippen MR) is 86.5 cm³/mol. The highest BCUT2D eigenvalue weighted by Crippen LogP contribution is 2.31. The number of halogens is 1. The minimum atomic E-state index is 0.111. The van der Waals surface area contributed by atoms with Gasteiger partial charge in [0, 0.05) is 10.0 Å². The maximum absolute atomic E-state index is 5.78. The van der Waals surface area contributed by atoms with Gasteiger partial charge in [0.05, 0.1) is 6.21 Å². The lowest BCUT2D eigenvalue weighted by atomic mass is 10.1. The van der Waals surface area contributed by atoms with Gasteiger partial charge in [-0.1, -0.05) is 25.8 Å². The number of nitrogens with zero attached hydrogens (tertiary/aromatic N) is 5. The summed E-state index contributed by atoms with van der Waals surface area (Å²) in [7, 11) is 0. The van der Waals surface area contributed by atoms with Gasteiger partial charge in [-0.15, -0.1) is 0 Å². The fourth-order valence-electron chi connectivity index (χ4n) is 1.92. The number of furan rings is 1. The van der Waals surface area contributed by atoms with Gasteiger partial charge in [0.1, 0.15) is 11.5 Å². The Hall–Kier alpha value is -2.48. The van der Waals surface area contributed by atoms with Crippen LogP contribution in [0, 0.1) is 13.8 Å². The van der Waals surface area contributed by atoms with Gasteiger partial charge in [-0.05, 0) is 59.7 Å². The maximum Gasteiger partial charge on any atom is 0.263 e. The monoisotopic (exact) mass is 360 g/mol. The van der Waals surface area contributed by atoms with Crippen molar-refractivity contribution in [2.45, 2.75) is 13.8 Å². The van der Waals surface area contributed by atoms with Gasteiger partial charge in [0.25, 0.3) is 5.95 Å². The summed E-state index contributed by atoms with van der Waals surface area (Å²) < 4.78 is 6.77. The lowest BCUT2D eigenvalue weighted by Gasteiger charge is -2.06. The molecule has 0 atom stereocenters. The highest BCUT2D eigenvalue weighted by atomic mass is 79.9. The van der Waals surface area contributed by atoms with Crippen molar-refractivity contribution in [3.8, 4) is 11.3 Å². The lowest BCUT2D eigenvalue weighted by molar-refractivity contribution is 0.572. The van der Waals surface area contributed by atoms with E-state index in [0.717, 1.165) is 20.6 Å². The summed E-state index contributed by atoms with van der Waals surface area (Å²) in [6, 6.07) is 7.86. The standard InChI is InChI=1S/C14H13BrN6O/c1-8-5-11(12(15)6-9(8)2)13-4-3-10(22-13)7-17-21-14(16)18-19-20-21/h3-7H,1-2H3,(H2,16,18,20). The molecule has 0 aliphatic heterocycles. The molecule has 0 radical (unpaired) electrons. The molecule has 0 aliphatic carbocycles. The molecule has 2 N–H and O–H groups in total.